The summed E-state index contributed by atoms with van der Waals surface area (Å²) in [5, 5.41) is 2.09. The molecule has 3 nitrogen and oxygen atoms in total. The third-order valence-corrected chi connectivity index (χ3v) is 3.39. The molecule has 0 fully saturated rings. The molecule has 2 rings (SSSR count). The van der Waals surface area contributed by atoms with E-state index in [2.05, 4.69) is 27.9 Å². The molecule has 1 atom stereocenters. The van der Waals surface area contributed by atoms with Gasteiger partial charge >= 0.3 is 0 Å². The predicted octanol–water partition coefficient (Wildman–Crippen LogP) is 1.76. The van der Waals surface area contributed by atoms with Gasteiger partial charge < -0.3 is 0 Å². The Morgan fingerprint density at radius 2 is 2.06 bits per heavy atom. The first-order valence-electron chi connectivity index (χ1n) is 5.26. The Hall–Kier alpha value is -1.23. The zero-order valence-corrected chi connectivity index (χ0v) is 9.78. The Bertz CT molecular complexity index is 399. The van der Waals surface area contributed by atoms with Crippen LogP contribution in [0.1, 0.15) is 10.4 Å². The molecule has 0 aliphatic carbocycles. The largest absolute Gasteiger partial charge is 0.271 e. The molecular weight excluding hydrogens is 218 g/mol. The van der Waals surface area contributed by atoms with Gasteiger partial charge in [0.25, 0.3) is 0 Å². The average Bonchev–Trinajstić information content (AvgIpc) is 2.82. The second-order valence-corrected chi connectivity index (χ2v) is 4.74. The normalized spacial score (nSPS) is 12.6. The fourth-order valence-electron chi connectivity index (χ4n) is 1.66. The molecule has 2 aromatic rings. The third-order valence-electron chi connectivity index (χ3n) is 2.49. The fraction of sp³-hybridized carbons (Fsp3) is 0.250. The number of hydrogen-bond acceptors (Lipinski definition) is 4. The van der Waals surface area contributed by atoms with Gasteiger partial charge in [-0.2, -0.15) is 0 Å². The molecule has 16 heavy (non-hydrogen) atoms. The minimum Gasteiger partial charge on any atom is -0.271 e. The van der Waals surface area contributed by atoms with E-state index in [-0.39, 0.29) is 6.04 Å². The van der Waals surface area contributed by atoms with Crippen molar-refractivity contribution in [3.8, 4) is 0 Å². The van der Waals surface area contributed by atoms with Crippen LogP contribution in [0.15, 0.2) is 42.0 Å². The van der Waals surface area contributed by atoms with Gasteiger partial charge in [0.1, 0.15) is 0 Å². The Morgan fingerprint density at radius 1 is 1.25 bits per heavy atom. The van der Waals surface area contributed by atoms with Crippen molar-refractivity contribution in [3.63, 3.8) is 0 Å². The lowest BCUT2D eigenvalue weighted by Gasteiger charge is -2.14. The molecule has 0 saturated carbocycles. The number of thiophene rings is 1. The van der Waals surface area contributed by atoms with Crippen LogP contribution in [0.2, 0.25) is 0 Å². The van der Waals surface area contributed by atoms with Crippen LogP contribution in [0.4, 0.5) is 0 Å². The molecule has 0 aliphatic rings. The summed E-state index contributed by atoms with van der Waals surface area (Å²) in [6.07, 6.45) is 5.52. The lowest BCUT2D eigenvalue weighted by Crippen LogP contribution is -2.38. The molecule has 1 unspecified atom stereocenters. The summed E-state index contributed by atoms with van der Waals surface area (Å²) in [6, 6.07) is 8.54. The van der Waals surface area contributed by atoms with E-state index in [1.165, 1.54) is 10.4 Å². The highest BCUT2D eigenvalue weighted by molar-refractivity contribution is 7.09. The maximum atomic E-state index is 5.58. The summed E-state index contributed by atoms with van der Waals surface area (Å²) in [6.45, 7) is 0. The van der Waals surface area contributed by atoms with E-state index in [1.807, 2.05) is 24.5 Å². The number of nitrogens with two attached hydrogens (primary N) is 1. The van der Waals surface area contributed by atoms with Crippen LogP contribution in [-0.4, -0.2) is 11.0 Å². The summed E-state index contributed by atoms with van der Waals surface area (Å²) in [5.74, 6) is 5.58. The number of hydrogen-bond donors (Lipinski definition) is 2. The van der Waals surface area contributed by atoms with Crippen molar-refractivity contribution >= 4 is 11.3 Å². The molecular formula is C12H15N3S. The second kappa shape index (κ2) is 5.75. The van der Waals surface area contributed by atoms with Crippen molar-refractivity contribution in [2.24, 2.45) is 5.84 Å². The van der Waals surface area contributed by atoms with Gasteiger partial charge in [0.2, 0.25) is 0 Å². The van der Waals surface area contributed by atoms with Gasteiger partial charge in [-0.25, -0.2) is 0 Å². The molecule has 4 heteroatoms. The smallest absolute Gasteiger partial charge is 0.0299 e. The molecule has 2 aromatic heterocycles. The van der Waals surface area contributed by atoms with Gasteiger partial charge in [0, 0.05) is 23.3 Å². The Labute approximate surface area is 99.3 Å². The van der Waals surface area contributed by atoms with E-state index in [0.29, 0.717) is 0 Å². The highest BCUT2D eigenvalue weighted by Gasteiger charge is 2.09. The van der Waals surface area contributed by atoms with E-state index in [0.717, 1.165) is 12.8 Å². The van der Waals surface area contributed by atoms with Gasteiger partial charge in [-0.05, 0) is 42.0 Å². The van der Waals surface area contributed by atoms with E-state index >= 15 is 0 Å². The highest BCUT2D eigenvalue weighted by Crippen LogP contribution is 2.13. The van der Waals surface area contributed by atoms with Crippen molar-refractivity contribution in [1.29, 1.82) is 0 Å². The minimum atomic E-state index is 0.279. The van der Waals surface area contributed by atoms with E-state index in [9.17, 15) is 0 Å². The van der Waals surface area contributed by atoms with Gasteiger partial charge in [-0.3, -0.25) is 16.3 Å². The molecule has 0 aromatic carbocycles. The molecule has 0 spiro atoms. The van der Waals surface area contributed by atoms with Crippen LogP contribution in [0.5, 0.6) is 0 Å². The monoisotopic (exact) mass is 233 g/mol. The SMILES string of the molecule is NNC(Cc1ccncc1)Cc1cccs1. The predicted molar refractivity (Wildman–Crippen MR) is 67.1 cm³/mol. The Balaban J connectivity index is 1.96. The average molecular weight is 233 g/mol. The van der Waals surface area contributed by atoms with Crippen LogP contribution in [-0.2, 0) is 12.8 Å². The zero-order valence-electron chi connectivity index (χ0n) is 8.97. The number of hydrazine groups is 1. The molecule has 0 saturated heterocycles. The molecule has 0 radical (unpaired) electrons. The summed E-state index contributed by atoms with van der Waals surface area (Å²) in [5.41, 5.74) is 4.13. The number of nitrogens with one attached hydrogen (secondary N) is 1. The van der Waals surface area contributed by atoms with Crippen LogP contribution >= 0.6 is 11.3 Å². The summed E-state index contributed by atoms with van der Waals surface area (Å²) in [4.78, 5) is 5.36. The standard InChI is InChI=1S/C12H15N3S/c13-15-11(9-12-2-1-7-16-12)8-10-3-5-14-6-4-10/h1-7,11,15H,8-9,13H2. The summed E-state index contributed by atoms with van der Waals surface area (Å²) >= 11 is 1.77. The number of pyridine rings is 1. The maximum absolute atomic E-state index is 5.58. The zero-order chi connectivity index (χ0) is 11.2. The van der Waals surface area contributed by atoms with Crippen molar-refractivity contribution in [2.45, 2.75) is 18.9 Å². The summed E-state index contributed by atoms with van der Waals surface area (Å²) < 4.78 is 0. The Morgan fingerprint density at radius 3 is 2.69 bits per heavy atom. The van der Waals surface area contributed by atoms with Crippen LogP contribution in [0.3, 0.4) is 0 Å². The number of nitrogens with zero attached hydrogens (tertiary/aromatic N) is 1. The highest BCUT2D eigenvalue weighted by atomic mass is 32.1. The molecule has 0 amide bonds. The molecule has 0 aliphatic heterocycles. The van der Waals surface area contributed by atoms with Gasteiger partial charge in [0.05, 0.1) is 0 Å². The summed E-state index contributed by atoms with van der Waals surface area (Å²) in [7, 11) is 0. The van der Waals surface area contributed by atoms with Crippen molar-refractivity contribution in [3.05, 3.63) is 52.5 Å². The number of rotatable bonds is 5. The van der Waals surface area contributed by atoms with Crippen molar-refractivity contribution in [2.75, 3.05) is 0 Å². The number of aromatic nitrogens is 1. The lowest BCUT2D eigenvalue weighted by molar-refractivity contribution is 0.525. The first-order chi connectivity index (χ1) is 7.88. The third kappa shape index (κ3) is 3.13. The maximum Gasteiger partial charge on any atom is 0.0299 e. The van der Waals surface area contributed by atoms with E-state index in [4.69, 9.17) is 5.84 Å². The minimum absolute atomic E-state index is 0.279. The second-order valence-electron chi connectivity index (χ2n) is 3.71. The molecule has 0 bridgehead atoms. The van der Waals surface area contributed by atoms with Crippen molar-refractivity contribution < 1.29 is 0 Å². The van der Waals surface area contributed by atoms with Crippen LogP contribution in [0, 0.1) is 0 Å². The first kappa shape index (κ1) is 11.3. The van der Waals surface area contributed by atoms with Gasteiger partial charge in [0.15, 0.2) is 0 Å². The van der Waals surface area contributed by atoms with Gasteiger partial charge in [-0.1, -0.05) is 6.07 Å². The van der Waals surface area contributed by atoms with Crippen LogP contribution in [0.25, 0.3) is 0 Å². The topological polar surface area (TPSA) is 50.9 Å². The lowest BCUT2D eigenvalue weighted by atomic mass is 10.0. The fourth-order valence-corrected chi connectivity index (χ4v) is 2.45. The molecule has 2 heterocycles. The first-order valence-corrected chi connectivity index (χ1v) is 6.14. The van der Waals surface area contributed by atoms with Crippen LogP contribution < -0.4 is 11.3 Å². The van der Waals surface area contributed by atoms with E-state index < -0.39 is 0 Å². The molecule has 84 valence electrons. The molecule has 3 N–H and O–H groups in total. The quantitative estimate of drug-likeness (QED) is 0.611. The van der Waals surface area contributed by atoms with Crippen molar-refractivity contribution in [1.82, 2.24) is 10.4 Å². The Kier molecular flexibility index (Phi) is 4.04. The van der Waals surface area contributed by atoms with E-state index in [1.54, 1.807) is 11.3 Å². The van der Waals surface area contributed by atoms with Gasteiger partial charge in [-0.15, -0.1) is 11.3 Å².